The van der Waals surface area contributed by atoms with Gasteiger partial charge in [0.2, 0.25) is 0 Å². The number of anilines is 6. The summed E-state index contributed by atoms with van der Waals surface area (Å²) in [6.45, 7) is 35.0. The molecule has 2 aliphatic rings. The highest BCUT2D eigenvalue weighted by Crippen LogP contribution is 2.51. The normalized spacial score (nSPS) is 13.6. The summed E-state index contributed by atoms with van der Waals surface area (Å²) in [4.78, 5) is 5.36. The van der Waals surface area contributed by atoms with Gasteiger partial charge in [-0.3, -0.25) is 0 Å². The molecular weight excluding hydrogens is 934 g/mol. The second-order valence-corrected chi connectivity index (χ2v) is 25.8. The Bertz CT molecular complexity index is 4250. The number of aryl methyl sites for hydroxylation is 6. The van der Waals surface area contributed by atoms with Gasteiger partial charge in [-0.1, -0.05) is 165 Å². The molecular formula is C72H70BN3O. The molecule has 9 aromatic carbocycles. The maximum Gasteiger partial charge on any atom is 0.252 e. The largest absolute Gasteiger partial charge is 0.455 e. The third-order valence-corrected chi connectivity index (χ3v) is 17.3. The van der Waals surface area contributed by atoms with E-state index in [4.69, 9.17) is 4.42 Å². The Labute approximate surface area is 456 Å². The minimum absolute atomic E-state index is 0.0112. The molecule has 0 saturated carbocycles. The average molecular weight is 1000 g/mol. The SMILES string of the molecule is Cc1cc(-c2cccc3c2oc2ccccc23)cc(C)c1N1c2cc(C(C)(C)C)ccc2B2c3cc4c5ccccc5n(-c5c(C)cccc5C)c4cc3N(c3c(C)cc(C(C)(C)C)cc3C)c3cc(C(C)(C)C)cc1c32. The van der Waals surface area contributed by atoms with E-state index in [1.165, 1.54) is 128 Å². The lowest BCUT2D eigenvalue weighted by Gasteiger charge is -2.46. The number of fused-ring (bicyclic) bond motifs is 10. The van der Waals surface area contributed by atoms with E-state index in [-0.39, 0.29) is 23.0 Å². The summed E-state index contributed by atoms with van der Waals surface area (Å²) in [6, 6.07) is 58.2. The quantitative estimate of drug-likeness (QED) is 0.164. The smallest absolute Gasteiger partial charge is 0.252 e. The van der Waals surface area contributed by atoms with E-state index >= 15 is 0 Å². The average Bonchev–Trinajstić information content (AvgIpc) is 4.10. The van der Waals surface area contributed by atoms with E-state index in [2.05, 4.69) is 270 Å². The molecule has 0 amide bonds. The molecule has 0 radical (unpaired) electrons. The van der Waals surface area contributed by atoms with Crippen LogP contribution in [0.3, 0.4) is 0 Å². The van der Waals surface area contributed by atoms with Gasteiger partial charge in [0.15, 0.2) is 0 Å². The number of nitrogens with zero attached hydrogens (tertiary/aromatic N) is 3. The van der Waals surface area contributed by atoms with Crippen molar-refractivity contribution in [1.82, 2.24) is 4.57 Å². The molecule has 5 heteroatoms. The van der Waals surface area contributed by atoms with Gasteiger partial charge in [-0.25, -0.2) is 0 Å². The number of aromatic nitrogens is 1. The second kappa shape index (κ2) is 16.9. The van der Waals surface area contributed by atoms with Crippen LogP contribution >= 0.6 is 0 Å². The molecule has 13 rings (SSSR count). The van der Waals surface area contributed by atoms with E-state index in [1.807, 2.05) is 0 Å². The van der Waals surface area contributed by atoms with Crippen molar-refractivity contribution in [3.63, 3.8) is 0 Å². The Morgan fingerprint density at radius 1 is 0.377 bits per heavy atom. The number of rotatable bonds is 4. The molecule has 2 aliphatic heterocycles. The molecule has 4 heterocycles. The first-order valence-corrected chi connectivity index (χ1v) is 27.8. The summed E-state index contributed by atoms with van der Waals surface area (Å²) in [5.41, 5.74) is 30.4. The van der Waals surface area contributed by atoms with Crippen molar-refractivity contribution in [3.8, 4) is 16.8 Å². The number of para-hydroxylation sites is 4. The lowest BCUT2D eigenvalue weighted by atomic mass is 9.33. The fraction of sp³-hybridized carbons (Fsp3) is 0.250. The standard InChI is InChI=1S/C72H70BN3O/c1-41-22-20-23-42(2)66(41)74-58-28-18-16-24-52(58)55-39-57-61(40-59(55)74)76(68-45(5)34-49(35-46(68)6)71(10,11)12)63-38-50(72(13,14)15)37-62-65(63)73(57)56-31-30-48(70(7,8)9)36-60(56)75(62)67-43(3)32-47(33-44(67)4)51-26-21-27-54-53-25-17-19-29-64(53)77-69(51)54/h16-40H,1-15H3. The van der Waals surface area contributed by atoms with Gasteiger partial charge in [0.25, 0.3) is 6.71 Å². The van der Waals surface area contributed by atoms with E-state index in [0.29, 0.717) is 0 Å². The minimum Gasteiger partial charge on any atom is -0.455 e. The Hall–Kier alpha value is -7.76. The summed E-state index contributed by atoms with van der Waals surface area (Å²) in [7, 11) is 0. The van der Waals surface area contributed by atoms with Crippen LogP contribution in [0.1, 0.15) is 112 Å². The molecule has 0 fully saturated rings. The zero-order chi connectivity index (χ0) is 53.9. The van der Waals surface area contributed by atoms with Crippen LogP contribution in [0.25, 0.3) is 60.6 Å². The Kier molecular flexibility index (Phi) is 10.7. The van der Waals surface area contributed by atoms with Gasteiger partial charge in [0.05, 0.1) is 28.1 Å². The van der Waals surface area contributed by atoms with Crippen LogP contribution in [0, 0.1) is 41.5 Å². The van der Waals surface area contributed by atoms with Gasteiger partial charge in [0.1, 0.15) is 11.2 Å². The van der Waals surface area contributed by atoms with Crippen LogP contribution in [-0.4, -0.2) is 11.3 Å². The van der Waals surface area contributed by atoms with Crippen LogP contribution in [-0.2, 0) is 16.2 Å². The number of hydrogen-bond donors (Lipinski definition) is 0. The van der Waals surface area contributed by atoms with E-state index < -0.39 is 0 Å². The van der Waals surface area contributed by atoms with Crippen molar-refractivity contribution < 1.29 is 4.42 Å². The lowest BCUT2D eigenvalue weighted by molar-refractivity contribution is 0.589. The van der Waals surface area contributed by atoms with Crippen molar-refractivity contribution in [3.05, 3.63) is 202 Å². The fourth-order valence-corrected chi connectivity index (χ4v) is 13.4. The fourth-order valence-electron chi connectivity index (χ4n) is 13.4. The molecule has 0 atom stereocenters. The lowest BCUT2D eigenvalue weighted by Crippen LogP contribution is -2.61. The zero-order valence-electron chi connectivity index (χ0n) is 47.8. The van der Waals surface area contributed by atoms with Crippen molar-refractivity contribution in [1.29, 1.82) is 0 Å². The number of hydrogen-bond acceptors (Lipinski definition) is 3. The van der Waals surface area contributed by atoms with Crippen LogP contribution in [0.2, 0.25) is 0 Å². The highest BCUT2D eigenvalue weighted by molar-refractivity contribution is 7.00. The van der Waals surface area contributed by atoms with Crippen molar-refractivity contribution in [2.45, 2.75) is 120 Å². The topological polar surface area (TPSA) is 24.6 Å². The van der Waals surface area contributed by atoms with Gasteiger partial charge in [-0.05, 0) is 178 Å². The predicted molar refractivity (Wildman–Crippen MR) is 332 cm³/mol. The van der Waals surface area contributed by atoms with Gasteiger partial charge >= 0.3 is 0 Å². The minimum atomic E-state index is -0.176. The van der Waals surface area contributed by atoms with Crippen molar-refractivity contribution >= 4 is 101 Å². The van der Waals surface area contributed by atoms with Gasteiger partial charge in [0, 0.05) is 49.9 Å². The van der Waals surface area contributed by atoms with Gasteiger partial charge < -0.3 is 18.8 Å². The maximum atomic E-state index is 6.67. The van der Waals surface area contributed by atoms with Crippen molar-refractivity contribution in [2.75, 3.05) is 9.80 Å². The first-order valence-electron chi connectivity index (χ1n) is 27.8. The monoisotopic (exact) mass is 1000 g/mol. The third-order valence-electron chi connectivity index (χ3n) is 17.3. The van der Waals surface area contributed by atoms with Crippen LogP contribution in [0.5, 0.6) is 0 Å². The summed E-state index contributed by atoms with van der Waals surface area (Å²) in [5, 5.41) is 4.82. The van der Waals surface area contributed by atoms with Gasteiger partial charge in [-0.15, -0.1) is 0 Å². The first kappa shape index (κ1) is 48.9. The van der Waals surface area contributed by atoms with Crippen LogP contribution in [0.15, 0.2) is 156 Å². The van der Waals surface area contributed by atoms with Crippen molar-refractivity contribution in [2.24, 2.45) is 0 Å². The highest BCUT2D eigenvalue weighted by atomic mass is 16.3. The molecule has 11 aromatic rings. The highest BCUT2D eigenvalue weighted by Gasteiger charge is 2.46. The predicted octanol–water partition coefficient (Wildman–Crippen LogP) is 18.2. The molecule has 2 aromatic heterocycles. The summed E-state index contributed by atoms with van der Waals surface area (Å²) in [6.07, 6.45) is 0. The molecule has 0 N–H and O–H groups in total. The Balaban J connectivity index is 1.15. The molecule has 0 unspecified atom stereocenters. The third kappa shape index (κ3) is 7.39. The molecule has 4 nitrogen and oxygen atoms in total. The second-order valence-electron chi connectivity index (χ2n) is 25.8. The summed E-state index contributed by atoms with van der Waals surface area (Å²) >= 11 is 0. The maximum absolute atomic E-state index is 6.67. The van der Waals surface area contributed by atoms with E-state index in [1.54, 1.807) is 0 Å². The number of furan rings is 1. The molecule has 0 spiro atoms. The summed E-state index contributed by atoms with van der Waals surface area (Å²) < 4.78 is 9.23. The van der Waals surface area contributed by atoms with E-state index in [0.717, 1.165) is 33.1 Å². The molecule has 0 saturated heterocycles. The Morgan fingerprint density at radius 2 is 0.896 bits per heavy atom. The Morgan fingerprint density at radius 3 is 1.52 bits per heavy atom. The summed E-state index contributed by atoms with van der Waals surface area (Å²) in [5.74, 6) is 0. The molecule has 77 heavy (non-hydrogen) atoms. The molecule has 382 valence electrons. The zero-order valence-corrected chi connectivity index (χ0v) is 47.8. The van der Waals surface area contributed by atoms with Crippen LogP contribution in [0.4, 0.5) is 34.1 Å². The molecule has 0 aliphatic carbocycles. The van der Waals surface area contributed by atoms with Crippen LogP contribution < -0.4 is 26.2 Å². The van der Waals surface area contributed by atoms with Gasteiger partial charge in [-0.2, -0.15) is 0 Å². The van der Waals surface area contributed by atoms with E-state index in [9.17, 15) is 0 Å². The number of benzene rings is 9. The molecule has 0 bridgehead atoms. The first-order chi connectivity index (χ1) is 36.6.